The van der Waals surface area contributed by atoms with Gasteiger partial charge in [-0.15, -0.1) is 0 Å². The Hall–Kier alpha value is -1.45. The van der Waals surface area contributed by atoms with Gasteiger partial charge in [0.05, 0.1) is 5.92 Å². The Balaban J connectivity index is 3.18. The number of aliphatic carboxylic acids is 1. The third-order valence-corrected chi connectivity index (χ3v) is 3.08. The molecule has 1 aromatic carbocycles. The second kappa shape index (κ2) is 5.75. The molecule has 0 aliphatic heterocycles. The van der Waals surface area contributed by atoms with Crippen molar-refractivity contribution in [1.29, 1.82) is 0 Å². The van der Waals surface area contributed by atoms with E-state index in [1.165, 1.54) is 6.07 Å². The fourth-order valence-corrected chi connectivity index (χ4v) is 2.10. The summed E-state index contributed by atoms with van der Waals surface area (Å²) in [6, 6.07) is 3.05. The van der Waals surface area contributed by atoms with Gasteiger partial charge in [0.15, 0.2) is 0 Å². The molecule has 1 rings (SSSR count). The molecule has 0 aromatic heterocycles. The first-order valence-corrected chi connectivity index (χ1v) is 5.69. The summed E-state index contributed by atoms with van der Waals surface area (Å²) in [4.78, 5) is 11.2. The molecule has 0 aliphatic carbocycles. The quantitative estimate of drug-likeness (QED) is 0.857. The number of rotatable bonds is 5. The number of carbonyl (C=O) groups is 1. The van der Waals surface area contributed by atoms with Crippen molar-refractivity contribution in [1.82, 2.24) is 0 Å². The highest BCUT2D eigenvalue weighted by atomic mass is 19.1. The van der Waals surface area contributed by atoms with E-state index >= 15 is 0 Å². The molecule has 0 spiro atoms. The van der Waals surface area contributed by atoms with Crippen LogP contribution in [-0.2, 0) is 4.79 Å². The molecule has 0 amide bonds. The van der Waals surface area contributed by atoms with Crippen LogP contribution in [-0.4, -0.2) is 11.1 Å². The van der Waals surface area contributed by atoms with Gasteiger partial charge in [0.25, 0.3) is 0 Å². The van der Waals surface area contributed by atoms with Gasteiger partial charge in [0.2, 0.25) is 0 Å². The summed E-state index contributed by atoms with van der Waals surface area (Å²) in [6.45, 7) is 3.73. The molecule has 0 heterocycles. The number of hydrogen-bond acceptors (Lipinski definition) is 1. The minimum absolute atomic E-state index is 0.0626. The average molecular weight is 242 g/mol. The van der Waals surface area contributed by atoms with Crippen molar-refractivity contribution in [2.24, 2.45) is 5.92 Å². The second-order valence-electron chi connectivity index (χ2n) is 4.06. The predicted octanol–water partition coefficient (Wildman–Crippen LogP) is 3.57. The van der Waals surface area contributed by atoms with Crippen molar-refractivity contribution in [3.05, 3.63) is 35.4 Å². The van der Waals surface area contributed by atoms with Crippen LogP contribution in [0.5, 0.6) is 0 Å². The van der Waals surface area contributed by atoms with Crippen LogP contribution < -0.4 is 0 Å². The van der Waals surface area contributed by atoms with Gasteiger partial charge in [-0.3, -0.25) is 4.79 Å². The van der Waals surface area contributed by atoms with E-state index in [9.17, 15) is 18.7 Å². The lowest BCUT2D eigenvalue weighted by Gasteiger charge is -2.22. The summed E-state index contributed by atoms with van der Waals surface area (Å²) in [6.07, 6.45) is 1.29. The summed E-state index contributed by atoms with van der Waals surface area (Å²) < 4.78 is 26.4. The summed E-state index contributed by atoms with van der Waals surface area (Å²) >= 11 is 0. The van der Waals surface area contributed by atoms with Gasteiger partial charge in [-0.1, -0.05) is 32.8 Å². The Morgan fingerprint density at radius 1 is 1.29 bits per heavy atom. The zero-order chi connectivity index (χ0) is 13.0. The number of benzene rings is 1. The van der Waals surface area contributed by atoms with E-state index < -0.39 is 23.5 Å². The highest BCUT2D eigenvalue weighted by Crippen LogP contribution is 2.31. The third kappa shape index (κ3) is 3.02. The topological polar surface area (TPSA) is 37.3 Å². The lowest BCUT2D eigenvalue weighted by molar-refractivity contribution is -0.140. The number of carboxylic acids is 1. The van der Waals surface area contributed by atoms with Crippen molar-refractivity contribution in [2.45, 2.75) is 32.6 Å². The van der Waals surface area contributed by atoms with Crippen molar-refractivity contribution < 1.29 is 18.7 Å². The lowest BCUT2D eigenvalue weighted by Crippen LogP contribution is -2.22. The largest absolute Gasteiger partial charge is 0.481 e. The molecule has 0 saturated carbocycles. The smallest absolute Gasteiger partial charge is 0.311 e. The monoisotopic (exact) mass is 242 g/mol. The summed E-state index contributed by atoms with van der Waals surface area (Å²) in [5.41, 5.74) is 0.0626. The van der Waals surface area contributed by atoms with Crippen molar-refractivity contribution in [3.63, 3.8) is 0 Å². The van der Waals surface area contributed by atoms with Crippen LogP contribution in [0.25, 0.3) is 0 Å². The minimum atomic E-state index is -1.07. The van der Waals surface area contributed by atoms with E-state index in [2.05, 4.69) is 0 Å². The molecule has 94 valence electrons. The van der Waals surface area contributed by atoms with Crippen LogP contribution >= 0.6 is 0 Å². The second-order valence-corrected chi connectivity index (χ2v) is 4.06. The average Bonchev–Trinajstić information content (AvgIpc) is 2.26. The van der Waals surface area contributed by atoms with Crippen LogP contribution in [0.3, 0.4) is 0 Å². The van der Waals surface area contributed by atoms with Crippen LogP contribution in [0.4, 0.5) is 8.78 Å². The van der Waals surface area contributed by atoms with Gasteiger partial charge in [-0.2, -0.15) is 0 Å². The van der Waals surface area contributed by atoms with Gasteiger partial charge in [-0.25, -0.2) is 8.78 Å². The summed E-state index contributed by atoms with van der Waals surface area (Å²) in [7, 11) is 0. The Morgan fingerprint density at radius 2 is 1.88 bits per heavy atom. The number of halogens is 2. The molecule has 0 radical (unpaired) electrons. The Morgan fingerprint density at radius 3 is 2.29 bits per heavy atom. The van der Waals surface area contributed by atoms with Crippen LogP contribution in [0.1, 0.15) is 38.2 Å². The van der Waals surface area contributed by atoms with Crippen molar-refractivity contribution in [3.8, 4) is 0 Å². The third-order valence-electron chi connectivity index (χ3n) is 3.08. The van der Waals surface area contributed by atoms with E-state index in [0.29, 0.717) is 12.8 Å². The van der Waals surface area contributed by atoms with Crippen LogP contribution in [0.15, 0.2) is 18.2 Å². The molecule has 0 bridgehead atoms. The van der Waals surface area contributed by atoms with Crippen molar-refractivity contribution >= 4 is 5.97 Å². The first kappa shape index (κ1) is 13.6. The standard InChI is InChI=1S/C13H16F2O2/c1-3-8(4-2)12(13(16)17)10-6-5-9(14)7-11(10)15/h5-8,12H,3-4H2,1-2H3,(H,16,17). The van der Waals surface area contributed by atoms with Crippen LogP contribution in [0, 0.1) is 17.6 Å². The number of hydrogen-bond donors (Lipinski definition) is 1. The van der Waals surface area contributed by atoms with E-state index in [1.54, 1.807) is 0 Å². The highest BCUT2D eigenvalue weighted by molar-refractivity contribution is 5.76. The molecule has 4 heteroatoms. The molecule has 0 aliphatic rings. The molecule has 0 fully saturated rings. The van der Waals surface area contributed by atoms with Gasteiger partial charge >= 0.3 is 5.97 Å². The maximum Gasteiger partial charge on any atom is 0.311 e. The zero-order valence-corrected chi connectivity index (χ0v) is 9.91. The predicted molar refractivity (Wildman–Crippen MR) is 60.8 cm³/mol. The van der Waals surface area contributed by atoms with E-state index in [-0.39, 0.29) is 11.5 Å². The fraction of sp³-hybridized carbons (Fsp3) is 0.462. The first-order valence-electron chi connectivity index (χ1n) is 5.69. The highest BCUT2D eigenvalue weighted by Gasteiger charge is 2.29. The fourth-order valence-electron chi connectivity index (χ4n) is 2.10. The normalized spacial score (nSPS) is 12.8. The van der Waals surface area contributed by atoms with E-state index in [0.717, 1.165) is 12.1 Å². The Kier molecular flexibility index (Phi) is 4.61. The number of carboxylic acid groups (broad SMARTS) is 1. The molecule has 1 atom stereocenters. The van der Waals surface area contributed by atoms with Crippen molar-refractivity contribution in [2.75, 3.05) is 0 Å². The maximum atomic E-state index is 13.6. The summed E-state index contributed by atoms with van der Waals surface area (Å²) in [5, 5.41) is 9.19. The lowest BCUT2D eigenvalue weighted by atomic mass is 9.82. The maximum absolute atomic E-state index is 13.6. The van der Waals surface area contributed by atoms with E-state index in [4.69, 9.17) is 0 Å². The first-order chi connectivity index (χ1) is 8.01. The zero-order valence-electron chi connectivity index (χ0n) is 9.91. The Bertz CT molecular complexity index is 400. The molecule has 1 unspecified atom stereocenters. The van der Waals surface area contributed by atoms with Gasteiger partial charge in [-0.05, 0) is 12.0 Å². The molecule has 1 aromatic rings. The molecular formula is C13H16F2O2. The summed E-state index contributed by atoms with van der Waals surface area (Å²) in [5.74, 6) is -3.61. The van der Waals surface area contributed by atoms with Crippen LogP contribution in [0.2, 0.25) is 0 Å². The molecular weight excluding hydrogens is 226 g/mol. The van der Waals surface area contributed by atoms with Gasteiger partial charge in [0, 0.05) is 11.6 Å². The van der Waals surface area contributed by atoms with E-state index in [1.807, 2.05) is 13.8 Å². The molecule has 2 nitrogen and oxygen atoms in total. The molecule has 1 N–H and O–H groups in total. The minimum Gasteiger partial charge on any atom is -0.481 e. The van der Waals surface area contributed by atoms with Gasteiger partial charge < -0.3 is 5.11 Å². The SMILES string of the molecule is CCC(CC)C(C(=O)O)c1ccc(F)cc1F. The molecule has 17 heavy (non-hydrogen) atoms. The Labute approximate surface area is 99.3 Å². The molecule has 0 saturated heterocycles. The van der Waals surface area contributed by atoms with Gasteiger partial charge in [0.1, 0.15) is 11.6 Å².